The summed E-state index contributed by atoms with van der Waals surface area (Å²) in [5.41, 5.74) is 4.13. The molecule has 20 heavy (non-hydrogen) atoms. The summed E-state index contributed by atoms with van der Waals surface area (Å²) >= 11 is 1.78. The van der Waals surface area contributed by atoms with Crippen LogP contribution in [0.25, 0.3) is 5.70 Å². The topological polar surface area (TPSA) is 35.5 Å². The van der Waals surface area contributed by atoms with Crippen molar-refractivity contribution in [1.29, 1.82) is 0 Å². The van der Waals surface area contributed by atoms with E-state index in [0.717, 1.165) is 13.1 Å². The van der Waals surface area contributed by atoms with Gasteiger partial charge in [-0.15, -0.1) is 0 Å². The number of thiophene rings is 1. The molecule has 1 saturated carbocycles. The Morgan fingerprint density at radius 1 is 1.30 bits per heavy atom. The van der Waals surface area contributed by atoms with Crippen LogP contribution in [-0.4, -0.2) is 22.8 Å². The summed E-state index contributed by atoms with van der Waals surface area (Å²) in [4.78, 5) is 2.42. The van der Waals surface area contributed by atoms with Gasteiger partial charge in [-0.25, -0.2) is 0 Å². The Labute approximate surface area is 124 Å². The molecule has 3 aliphatic rings. The third-order valence-electron chi connectivity index (χ3n) is 5.17. The van der Waals surface area contributed by atoms with Crippen LogP contribution >= 0.6 is 11.3 Å². The van der Waals surface area contributed by atoms with Crippen LogP contribution in [0.4, 0.5) is 0 Å². The lowest BCUT2D eigenvalue weighted by molar-refractivity contribution is 0.0571. The maximum Gasteiger partial charge on any atom is 0.0879 e. The lowest BCUT2D eigenvalue weighted by Crippen LogP contribution is -2.30. The smallest absolute Gasteiger partial charge is 0.0879 e. The number of rotatable bonds is 3. The van der Waals surface area contributed by atoms with Gasteiger partial charge in [0.2, 0.25) is 0 Å². The highest BCUT2D eigenvalue weighted by Gasteiger charge is 2.38. The Bertz CT molecular complexity index is 518. The third-order valence-corrected chi connectivity index (χ3v) is 5.93. The van der Waals surface area contributed by atoms with E-state index in [-0.39, 0.29) is 6.10 Å². The van der Waals surface area contributed by atoms with Gasteiger partial charge < -0.3 is 15.3 Å². The quantitative estimate of drug-likeness (QED) is 0.896. The minimum atomic E-state index is -0.145. The van der Waals surface area contributed by atoms with E-state index < -0.39 is 0 Å². The maximum atomic E-state index is 10.7. The highest BCUT2D eigenvalue weighted by atomic mass is 32.1. The van der Waals surface area contributed by atoms with Crippen molar-refractivity contribution in [3.05, 3.63) is 28.1 Å². The van der Waals surface area contributed by atoms with Gasteiger partial charge in [-0.05, 0) is 36.1 Å². The van der Waals surface area contributed by atoms with Crippen molar-refractivity contribution in [3.8, 4) is 0 Å². The lowest BCUT2D eigenvalue weighted by Gasteiger charge is -2.31. The molecule has 2 N–H and O–H groups in total. The number of nitrogens with one attached hydrogen (secondary N) is 1. The van der Waals surface area contributed by atoms with Gasteiger partial charge >= 0.3 is 0 Å². The first-order valence-corrected chi connectivity index (χ1v) is 8.73. The monoisotopic (exact) mass is 290 g/mol. The average Bonchev–Trinajstić information content (AvgIpc) is 3.16. The molecule has 2 aliphatic heterocycles. The molecule has 1 aliphatic carbocycles. The Balaban J connectivity index is 1.52. The van der Waals surface area contributed by atoms with Crippen molar-refractivity contribution >= 4 is 17.0 Å². The molecule has 1 aromatic rings. The molecule has 2 atom stereocenters. The van der Waals surface area contributed by atoms with Crippen LogP contribution in [0, 0.1) is 5.92 Å². The first-order valence-electron chi connectivity index (χ1n) is 7.79. The number of nitrogens with zero attached hydrogens (tertiary/aromatic N) is 1. The van der Waals surface area contributed by atoms with Crippen molar-refractivity contribution in [3.63, 3.8) is 0 Å². The predicted octanol–water partition coefficient (Wildman–Crippen LogP) is 3.30. The fourth-order valence-corrected chi connectivity index (χ4v) is 4.95. The summed E-state index contributed by atoms with van der Waals surface area (Å²) in [5.74, 6) is 0.523. The second-order valence-electron chi connectivity index (χ2n) is 6.32. The number of hydrogen-bond acceptors (Lipinski definition) is 4. The van der Waals surface area contributed by atoms with Gasteiger partial charge in [0.05, 0.1) is 24.5 Å². The minimum Gasteiger partial charge on any atom is -0.393 e. The zero-order valence-corrected chi connectivity index (χ0v) is 12.5. The summed E-state index contributed by atoms with van der Waals surface area (Å²) in [6, 6.07) is 0.370. The molecule has 1 fully saturated rings. The van der Waals surface area contributed by atoms with Gasteiger partial charge in [-0.3, -0.25) is 0 Å². The first kappa shape index (κ1) is 12.7. The molecule has 3 heterocycles. The first-order chi connectivity index (χ1) is 9.84. The van der Waals surface area contributed by atoms with Gasteiger partial charge in [0.1, 0.15) is 0 Å². The number of hydrogen-bond donors (Lipinski definition) is 2. The van der Waals surface area contributed by atoms with Gasteiger partial charge in [0.15, 0.2) is 0 Å². The van der Waals surface area contributed by atoms with E-state index in [4.69, 9.17) is 0 Å². The van der Waals surface area contributed by atoms with Crippen LogP contribution in [0.5, 0.6) is 0 Å². The number of fused-ring (bicyclic) bond motifs is 3. The van der Waals surface area contributed by atoms with E-state index >= 15 is 0 Å². The second-order valence-corrected chi connectivity index (χ2v) is 7.06. The lowest BCUT2D eigenvalue weighted by atomic mass is 9.82. The summed E-state index contributed by atoms with van der Waals surface area (Å²) in [7, 11) is 0. The number of aliphatic hydroxyl groups excluding tert-OH is 1. The second kappa shape index (κ2) is 5.08. The zero-order valence-electron chi connectivity index (χ0n) is 11.7. The van der Waals surface area contributed by atoms with Crippen molar-refractivity contribution in [2.24, 2.45) is 5.92 Å². The molecule has 108 valence electrons. The van der Waals surface area contributed by atoms with Crippen LogP contribution in [-0.2, 0) is 0 Å². The standard InChI is InChI=1S/C16H22N2OS/c19-16(11-4-2-1-3-5-11)6-14-12-8-20-9-13(12)15-7-17-10-18(14)15/h7-9,11,14,16-17,19H,1-6,10H2. The van der Waals surface area contributed by atoms with Crippen LogP contribution in [0.1, 0.15) is 55.7 Å². The van der Waals surface area contributed by atoms with Crippen LogP contribution in [0.3, 0.4) is 0 Å². The maximum absolute atomic E-state index is 10.7. The van der Waals surface area contributed by atoms with Gasteiger partial charge in [-0.1, -0.05) is 19.3 Å². The Hall–Kier alpha value is -1.00. The third kappa shape index (κ3) is 1.97. The Morgan fingerprint density at radius 3 is 3.00 bits per heavy atom. The molecule has 4 heteroatoms. The zero-order chi connectivity index (χ0) is 13.5. The molecule has 2 unspecified atom stereocenters. The van der Waals surface area contributed by atoms with Gasteiger partial charge in [0, 0.05) is 17.1 Å². The molecule has 0 radical (unpaired) electrons. The van der Waals surface area contributed by atoms with Gasteiger partial charge in [-0.2, -0.15) is 11.3 Å². The largest absolute Gasteiger partial charge is 0.393 e. The summed E-state index contributed by atoms with van der Waals surface area (Å²) in [6.07, 6.45) is 9.24. The van der Waals surface area contributed by atoms with E-state index in [1.165, 1.54) is 48.9 Å². The molecule has 0 amide bonds. The molecule has 0 saturated heterocycles. The molecule has 0 aromatic carbocycles. The number of aliphatic hydroxyl groups is 1. The molecule has 3 nitrogen and oxygen atoms in total. The van der Waals surface area contributed by atoms with E-state index in [2.05, 4.69) is 27.2 Å². The van der Waals surface area contributed by atoms with E-state index in [0.29, 0.717) is 12.0 Å². The highest BCUT2D eigenvalue weighted by molar-refractivity contribution is 7.08. The fraction of sp³-hybridized carbons (Fsp3) is 0.625. The summed E-state index contributed by atoms with van der Waals surface area (Å²) in [6.45, 7) is 0.886. The summed E-state index contributed by atoms with van der Waals surface area (Å²) in [5, 5.41) is 18.5. The molecule has 0 bridgehead atoms. The molecular formula is C16H22N2OS. The van der Waals surface area contributed by atoms with Crippen LogP contribution in [0.2, 0.25) is 0 Å². The van der Waals surface area contributed by atoms with Crippen molar-refractivity contribution in [1.82, 2.24) is 10.2 Å². The Morgan fingerprint density at radius 2 is 2.15 bits per heavy atom. The molecular weight excluding hydrogens is 268 g/mol. The minimum absolute atomic E-state index is 0.145. The van der Waals surface area contributed by atoms with Crippen molar-refractivity contribution in [2.45, 2.75) is 50.7 Å². The van der Waals surface area contributed by atoms with Crippen molar-refractivity contribution in [2.75, 3.05) is 6.67 Å². The summed E-state index contributed by atoms with van der Waals surface area (Å²) < 4.78 is 0. The molecule has 4 rings (SSSR count). The van der Waals surface area contributed by atoms with Gasteiger partial charge in [0.25, 0.3) is 0 Å². The van der Waals surface area contributed by atoms with Crippen molar-refractivity contribution < 1.29 is 5.11 Å². The van der Waals surface area contributed by atoms with E-state index in [1.54, 1.807) is 11.3 Å². The van der Waals surface area contributed by atoms with Crippen LogP contribution < -0.4 is 5.32 Å². The SMILES string of the molecule is OC(CC1c2cscc2C2=CNCN21)C1CCCCC1. The molecule has 0 spiro atoms. The Kier molecular flexibility index (Phi) is 3.23. The predicted molar refractivity (Wildman–Crippen MR) is 82.1 cm³/mol. The normalized spacial score (nSPS) is 26.9. The fourth-order valence-electron chi connectivity index (χ4n) is 4.05. The van der Waals surface area contributed by atoms with E-state index in [1.807, 2.05) is 0 Å². The van der Waals surface area contributed by atoms with Crippen LogP contribution in [0.15, 0.2) is 17.0 Å². The van der Waals surface area contributed by atoms with E-state index in [9.17, 15) is 5.11 Å². The average molecular weight is 290 g/mol. The molecule has 1 aromatic heterocycles. The highest BCUT2D eigenvalue weighted by Crippen LogP contribution is 2.47.